The van der Waals surface area contributed by atoms with Crippen molar-refractivity contribution in [3.05, 3.63) is 62.4 Å². The maximum atomic E-state index is 12.9. The van der Waals surface area contributed by atoms with Crippen molar-refractivity contribution in [3.8, 4) is 0 Å². The van der Waals surface area contributed by atoms with Gasteiger partial charge in [0, 0.05) is 17.6 Å². The highest BCUT2D eigenvalue weighted by Gasteiger charge is 2.22. The molecule has 0 spiro atoms. The summed E-state index contributed by atoms with van der Waals surface area (Å²) in [5, 5.41) is 9.67. The Morgan fingerprint density at radius 1 is 1.29 bits per heavy atom. The highest BCUT2D eigenvalue weighted by Crippen LogP contribution is 2.30. The van der Waals surface area contributed by atoms with Crippen LogP contribution >= 0.6 is 11.3 Å². The molecule has 1 aromatic carbocycles. The van der Waals surface area contributed by atoms with Crippen LogP contribution in [-0.2, 0) is 6.54 Å². The van der Waals surface area contributed by atoms with Gasteiger partial charge in [0.05, 0.1) is 27.9 Å². The Bertz CT molecular complexity index is 1390. The van der Waals surface area contributed by atoms with Gasteiger partial charge in [-0.25, -0.2) is 14.8 Å². The van der Waals surface area contributed by atoms with Crippen molar-refractivity contribution in [2.24, 2.45) is 0 Å². The van der Waals surface area contributed by atoms with Gasteiger partial charge in [0.15, 0.2) is 4.96 Å². The molecule has 0 atom stereocenters. The van der Waals surface area contributed by atoms with Crippen molar-refractivity contribution in [3.63, 3.8) is 0 Å². The summed E-state index contributed by atoms with van der Waals surface area (Å²) in [6, 6.07) is 4.44. The molecule has 4 heterocycles. The summed E-state index contributed by atoms with van der Waals surface area (Å²) >= 11 is 1.64. The molecule has 1 aliphatic heterocycles. The number of hydrogen-bond acceptors (Lipinski definition) is 5. The fourth-order valence-corrected chi connectivity index (χ4v) is 4.59. The predicted molar refractivity (Wildman–Crippen MR) is 108 cm³/mol. The molecular formula is C20H16N4O3S. The van der Waals surface area contributed by atoms with E-state index in [1.165, 1.54) is 17.0 Å². The zero-order valence-corrected chi connectivity index (χ0v) is 16.1. The number of aromatic carboxylic acids is 1. The van der Waals surface area contributed by atoms with Crippen LogP contribution in [0, 0.1) is 13.8 Å². The van der Waals surface area contributed by atoms with Crippen LogP contribution in [-0.4, -0.2) is 30.0 Å². The van der Waals surface area contributed by atoms with E-state index >= 15 is 0 Å². The quantitative estimate of drug-likeness (QED) is 0.565. The summed E-state index contributed by atoms with van der Waals surface area (Å²) in [7, 11) is 0. The summed E-state index contributed by atoms with van der Waals surface area (Å²) in [6.07, 6.45) is 4.79. The van der Waals surface area contributed by atoms with Gasteiger partial charge < -0.3 is 5.11 Å². The lowest BCUT2D eigenvalue weighted by Gasteiger charge is -2.06. The summed E-state index contributed by atoms with van der Waals surface area (Å²) in [4.78, 5) is 35.5. The van der Waals surface area contributed by atoms with Crippen molar-refractivity contribution in [2.45, 2.75) is 26.8 Å². The van der Waals surface area contributed by atoms with Gasteiger partial charge in [-0.15, -0.1) is 11.3 Å². The van der Waals surface area contributed by atoms with E-state index in [-0.39, 0.29) is 11.1 Å². The lowest BCUT2D eigenvalue weighted by atomic mass is 10.1. The molecular weight excluding hydrogens is 376 g/mol. The van der Waals surface area contributed by atoms with Crippen LogP contribution in [0.3, 0.4) is 0 Å². The zero-order chi connectivity index (χ0) is 19.6. The Balaban J connectivity index is 1.72. The summed E-state index contributed by atoms with van der Waals surface area (Å²) < 4.78 is 3.73. The highest BCUT2D eigenvalue weighted by atomic mass is 32.1. The molecule has 0 amide bonds. The molecule has 0 aliphatic carbocycles. The van der Waals surface area contributed by atoms with Crippen molar-refractivity contribution in [1.82, 2.24) is 18.9 Å². The number of fused-ring (bicyclic) bond motifs is 3. The van der Waals surface area contributed by atoms with Gasteiger partial charge in [-0.2, -0.15) is 0 Å². The summed E-state index contributed by atoms with van der Waals surface area (Å²) in [5.74, 6) is -0.438. The van der Waals surface area contributed by atoms with Crippen molar-refractivity contribution in [1.29, 1.82) is 0 Å². The number of thiazole rings is 1. The Hall–Kier alpha value is -3.26. The average molecular weight is 392 g/mol. The van der Waals surface area contributed by atoms with Gasteiger partial charge in [-0.3, -0.25) is 13.8 Å². The van der Waals surface area contributed by atoms with Crippen molar-refractivity contribution < 1.29 is 9.90 Å². The average Bonchev–Trinajstić information content (AvgIpc) is 3.29. The lowest BCUT2D eigenvalue weighted by molar-refractivity contribution is 0.0697. The van der Waals surface area contributed by atoms with Crippen LogP contribution in [0.25, 0.3) is 27.5 Å². The van der Waals surface area contributed by atoms with Gasteiger partial charge in [0.25, 0.3) is 5.56 Å². The number of carboxylic acids is 1. The van der Waals surface area contributed by atoms with E-state index in [4.69, 9.17) is 0 Å². The first kappa shape index (κ1) is 16.9. The maximum Gasteiger partial charge on any atom is 0.335 e. The van der Waals surface area contributed by atoms with E-state index in [9.17, 15) is 14.7 Å². The minimum atomic E-state index is -1.04. The first-order valence-electron chi connectivity index (χ1n) is 8.86. The van der Waals surface area contributed by atoms with E-state index in [1.807, 2.05) is 19.9 Å². The van der Waals surface area contributed by atoms with Gasteiger partial charge in [-0.05, 0) is 50.1 Å². The van der Waals surface area contributed by atoms with E-state index in [2.05, 4.69) is 20.6 Å². The number of carboxylic acid groups (broad SMARTS) is 1. The highest BCUT2D eigenvalue weighted by molar-refractivity contribution is 7.17. The number of aryl methyl sites for hydroxylation is 2. The number of carbonyl (C=O) groups is 1. The molecule has 0 unspecified atom stereocenters. The summed E-state index contributed by atoms with van der Waals surface area (Å²) in [6.45, 7) is 4.58. The monoisotopic (exact) mass is 392 g/mol. The topological polar surface area (TPSA) is 89.5 Å². The van der Waals surface area contributed by atoms with E-state index in [0.29, 0.717) is 29.7 Å². The predicted octanol–water partition coefficient (Wildman–Crippen LogP) is 3.37. The number of rotatable bonds is 2. The SMILES string of the molecule is Cc1cn2c(/C=C3\CCn4c3nc3cc(C(=O)O)ccc3c4=O)c(C)nc2s1. The maximum absolute atomic E-state index is 12.9. The van der Waals surface area contributed by atoms with Gasteiger partial charge in [-0.1, -0.05) is 0 Å². The fourth-order valence-electron chi connectivity index (χ4n) is 3.71. The second kappa shape index (κ2) is 5.87. The third-order valence-electron chi connectivity index (χ3n) is 5.07. The Labute approximate surface area is 163 Å². The van der Waals surface area contributed by atoms with Crippen LogP contribution in [0.4, 0.5) is 0 Å². The molecule has 0 saturated carbocycles. The minimum absolute atomic E-state index is 0.120. The Kier molecular flexibility index (Phi) is 3.54. The van der Waals surface area contributed by atoms with Crippen molar-refractivity contribution >= 4 is 44.8 Å². The Morgan fingerprint density at radius 3 is 2.89 bits per heavy atom. The molecule has 3 aromatic heterocycles. The third kappa shape index (κ3) is 2.41. The lowest BCUT2D eigenvalue weighted by Crippen LogP contribution is -2.21. The number of aromatic nitrogens is 4. The first-order chi connectivity index (χ1) is 13.4. The van der Waals surface area contributed by atoms with Crippen LogP contribution in [0.15, 0.2) is 29.2 Å². The standard InChI is InChI=1S/C20H16N4O3S/c1-10-9-24-16(11(2)21-20(24)28-10)8-12-5-6-23-17(12)22-15-7-13(19(26)27)3-4-14(15)18(23)25/h3-4,7-9H,5-6H2,1-2H3,(H,26,27)/b12-8+. The molecule has 1 aliphatic rings. The van der Waals surface area contributed by atoms with E-state index in [1.54, 1.807) is 22.0 Å². The smallest absolute Gasteiger partial charge is 0.335 e. The molecule has 0 bridgehead atoms. The van der Waals surface area contributed by atoms with E-state index < -0.39 is 5.97 Å². The third-order valence-corrected chi connectivity index (χ3v) is 5.97. The Morgan fingerprint density at radius 2 is 2.11 bits per heavy atom. The number of benzene rings is 1. The molecule has 0 radical (unpaired) electrons. The molecule has 5 rings (SSSR count). The molecule has 0 fully saturated rings. The largest absolute Gasteiger partial charge is 0.478 e. The number of nitrogens with zero attached hydrogens (tertiary/aromatic N) is 4. The van der Waals surface area contributed by atoms with Crippen LogP contribution in [0.1, 0.15) is 38.9 Å². The molecule has 28 heavy (non-hydrogen) atoms. The number of imidazole rings is 1. The molecule has 7 nitrogen and oxygen atoms in total. The van der Waals surface area contributed by atoms with Gasteiger partial charge >= 0.3 is 5.97 Å². The molecule has 0 saturated heterocycles. The second-order valence-corrected chi connectivity index (χ2v) is 8.14. The minimum Gasteiger partial charge on any atom is -0.478 e. The van der Waals surface area contributed by atoms with Crippen LogP contribution < -0.4 is 5.56 Å². The van der Waals surface area contributed by atoms with Gasteiger partial charge in [0.2, 0.25) is 0 Å². The van der Waals surface area contributed by atoms with Crippen molar-refractivity contribution in [2.75, 3.05) is 0 Å². The molecule has 4 aromatic rings. The van der Waals surface area contributed by atoms with Crippen LogP contribution in [0.5, 0.6) is 0 Å². The van der Waals surface area contributed by atoms with E-state index in [0.717, 1.165) is 21.9 Å². The first-order valence-corrected chi connectivity index (χ1v) is 9.68. The number of allylic oxidation sites excluding steroid dienone is 1. The number of hydrogen-bond donors (Lipinski definition) is 1. The molecule has 8 heteroatoms. The van der Waals surface area contributed by atoms with Gasteiger partial charge in [0.1, 0.15) is 5.82 Å². The zero-order valence-electron chi connectivity index (χ0n) is 15.3. The molecule has 1 N–H and O–H groups in total. The fraction of sp³-hybridized carbons (Fsp3) is 0.200. The second-order valence-electron chi connectivity index (χ2n) is 6.93. The molecule has 140 valence electrons. The van der Waals surface area contributed by atoms with Crippen LogP contribution in [0.2, 0.25) is 0 Å². The normalized spacial score (nSPS) is 15.0. The summed E-state index contributed by atoms with van der Waals surface area (Å²) in [5.41, 5.74) is 3.25.